The quantitative estimate of drug-likeness (QED) is 0.749. The van der Waals surface area contributed by atoms with Gasteiger partial charge in [0.2, 0.25) is 5.95 Å². The van der Waals surface area contributed by atoms with E-state index in [4.69, 9.17) is 0 Å². The van der Waals surface area contributed by atoms with E-state index in [1.165, 1.54) is 19.3 Å². The second-order valence-electron chi connectivity index (χ2n) is 3.10. The number of halogens is 2. The summed E-state index contributed by atoms with van der Waals surface area (Å²) in [5.74, 6) is 0.886. The molecule has 1 saturated heterocycles. The highest BCUT2D eigenvalue weighted by atomic mass is 35.5. The third-order valence-electron chi connectivity index (χ3n) is 2.19. The maximum Gasteiger partial charge on any atom is 0.225 e. The van der Waals surface area contributed by atoms with Crippen molar-refractivity contribution in [2.24, 2.45) is 0 Å². The van der Waals surface area contributed by atoms with Gasteiger partial charge in [0.25, 0.3) is 0 Å². The molecule has 0 atom stereocenters. The van der Waals surface area contributed by atoms with Gasteiger partial charge < -0.3 is 4.90 Å². The molecule has 1 aromatic rings. The summed E-state index contributed by atoms with van der Waals surface area (Å²) in [7, 11) is 0. The second kappa shape index (κ2) is 6.85. The van der Waals surface area contributed by atoms with E-state index in [1.54, 1.807) is 12.4 Å². The van der Waals surface area contributed by atoms with Crippen LogP contribution in [-0.2, 0) is 0 Å². The Morgan fingerprint density at radius 2 is 1.50 bits per heavy atom. The normalized spacial score (nSPS) is 15.3. The van der Waals surface area contributed by atoms with Gasteiger partial charge in [-0.2, -0.15) is 0 Å². The SMILES string of the molecule is Cl.Cl.c1cnc(N2CCCCC2)nc1. The van der Waals surface area contributed by atoms with E-state index in [0.29, 0.717) is 0 Å². The molecule has 1 aliphatic heterocycles. The van der Waals surface area contributed by atoms with Crippen LogP contribution < -0.4 is 4.90 Å². The van der Waals surface area contributed by atoms with Gasteiger partial charge in [0.1, 0.15) is 0 Å². The average molecular weight is 236 g/mol. The van der Waals surface area contributed by atoms with Crippen LogP contribution in [0.15, 0.2) is 18.5 Å². The molecule has 0 aromatic carbocycles. The predicted octanol–water partition coefficient (Wildman–Crippen LogP) is 2.31. The molecule has 1 aromatic heterocycles. The smallest absolute Gasteiger partial charge is 0.225 e. The third-order valence-corrected chi connectivity index (χ3v) is 2.19. The summed E-state index contributed by atoms with van der Waals surface area (Å²) in [5, 5.41) is 0. The molecule has 1 fully saturated rings. The lowest BCUT2D eigenvalue weighted by Crippen LogP contribution is -2.30. The van der Waals surface area contributed by atoms with E-state index in [1.807, 2.05) is 6.07 Å². The fourth-order valence-corrected chi connectivity index (χ4v) is 1.55. The van der Waals surface area contributed by atoms with Gasteiger partial charge in [-0.15, -0.1) is 24.8 Å². The molecule has 0 spiro atoms. The Kier molecular flexibility index (Phi) is 6.58. The Morgan fingerprint density at radius 1 is 0.929 bits per heavy atom. The molecule has 3 nitrogen and oxygen atoms in total. The number of aromatic nitrogens is 2. The molecule has 0 amide bonds. The van der Waals surface area contributed by atoms with E-state index < -0.39 is 0 Å². The summed E-state index contributed by atoms with van der Waals surface area (Å²) >= 11 is 0. The van der Waals surface area contributed by atoms with Crippen molar-refractivity contribution in [3.05, 3.63) is 18.5 Å². The Bertz CT molecular complexity index is 237. The molecule has 1 aliphatic rings. The highest BCUT2D eigenvalue weighted by Gasteiger charge is 2.11. The van der Waals surface area contributed by atoms with Crippen molar-refractivity contribution in [3.63, 3.8) is 0 Å². The van der Waals surface area contributed by atoms with Crippen molar-refractivity contribution in [1.82, 2.24) is 9.97 Å². The highest BCUT2D eigenvalue weighted by molar-refractivity contribution is 5.85. The van der Waals surface area contributed by atoms with Gasteiger partial charge >= 0.3 is 0 Å². The number of anilines is 1. The summed E-state index contributed by atoms with van der Waals surface area (Å²) in [6.07, 6.45) is 7.51. The molecule has 0 saturated carbocycles. The molecule has 0 N–H and O–H groups in total. The standard InChI is InChI=1S/C9H13N3.2ClH/c1-2-7-12(8-3-1)9-10-5-4-6-11-9;;/h4-6H,1-3,7-8H2;2*1H. The molecule has 0 bridgehead atoms. The fraction of sp³-hybridized carbons (Fsp3) is 0.556. The zero-order valence-electron chi connectivity index (χ0n) is 7.93. The summed E-state index contributed by atoms with van der Waals surface area (Å²) < 4.78 is 0. The molecular weight excluding hydrogens is 221 g/mol. The fourth-order valence-electron chi connectivity index (χ4n) is 1.55. The Hall–Kier alpha value is -0.540. The van der Waals surface area contributed by atoms with Crippen LogP contribution in [0.5, 0.6) is 0 Å². The number of hydrogen-bond donors (Lipinski definition) is 0. The van der Waals surface area contributed by atoms with E-state index in [0.717, 1.165) is 19.0 Å². The minimum absolute atomic E-state index is 0. The van der Waals surface area contributed by atoms with E-state index in [9.17, 15) is 0 Å². The molecule has 2 rings (SSSR count). The molecule has 14 heavy (non-hydrogen) atoms. The van der Waals surface area contributed by atoms with Crippen LogP contribution in [0, 0.1) is 0 Å². The van der Waals surface area contributed by atoms with Crippen molar-refractivity contribution < 1.29 is 0 Å². The summed E-state index contributed by atoms with van der Waals surface area (Å²) in [5.41, 5.74) is 0. The topological polar surface area (TPSA) is 29.0 Å². The molecule has 2 heterocycles. The third kappa shape index (κ3) is 3.31. The van der Waals surface area contributed by atoms with Gasteiger partial charge in [-0.1, -0.05) is 0 Å². The van der Waals surface area contributed by atoms with E-state index in [2.05, 4.69) is 14.9 Å². The lowest BCUT2D eigenvalue weighted by atomic mass is 10.1. The maximum absolute atomic E-state index is 4.22. The van der Waals surface area contributed by atoms with Crippen LogP contribution >= 0.6 is 24.8 Å². The lowest BCUT2D eigenvalue weighted by molar-refractivity contribution is 0.568. The van der Waals surface area contributed by atoms with Crippen LogP contribution in [0.2, 0.25) is 0 Å². The van der Waals surface area contributed by atoms with E-state index >= 15 is 0 Å². The van der Waals surface area contributed by atoms with Gasteiger partial charge in [0.05, 0.1) is 0 Å². The first-order valence-electron chi connectivity index (χ1n) is 4.49. The lowest BCUT2D eigenvalue weighted by Gasteiger charge is -2.26. The molecule has 80 valence electrons. The van der Waals surface area contributed by atoms with Gasteiger partial charge in [-0.05, 0) is 25.3 Å². The van der Waals surface area contributed by atoms with Crippen molar-refractivity contribution in [1.29, 1.82) is 0 Å². The van der Waals surface area contributed by atoms with Crippen LogP contribution in [0.3, 0.4) is 0 Å². The van der Waals surface area contributed by atoms with Gasteiger partial charge in [-0.25, -0.2) is 9.97 Å². The van der Waals surface area contributed by atoms with Crippen molar-refractivity contribution in [2.75, 3.05) is 18.0 Å². The number of nitrogens with zero attached hydrogens (tertiary/aromatic N) is 3. The molecule has 0 unspecified atom stereocenters. The Balaban J connectivity index is 0.000000845. The molecule has 5 heteroatoms. The van der Waals surface area contributed by atoms with Crippen molar-refractivity contribution in [3.8, 4) is 0 Å². The average Bonchev–Trinajstić information content (AvgIpc) is 2.21. The second-order valence-corrected chi connectivity index (χ2v) is 3.10. The van der Waals surface area contributed by atoms with Crippen molar-refractivity contribution in [2.45, 2.75) is 19.3 Å². The van der Waals surface area contributed by atoms with Gasteiger partial charge in [-0.3, -0.25) is 0 Å². The van der Waals surface area contributed by atoms with Gasteiger partial charge in [0, 0.05) is 25.5 Å². The number of rotatable bonds is 1. The van der Waals surface area contributed by atoms with E-state index in [-0.39, 0.29) is 24.8 Å². The predicted molar refractivity (Wildman–Crippen MR) is 62.6 cm³/mol. The number of piperidine rings is 1. The first-order valence-corrected chi connectivity index (χ1v) is 4.49. The number of hydrogen-bond acceptors (Lipinski definition) is 3. The van der Waals surface area contributed by atoms with Crippen LogP contribution in [0.1, 0.15) is 19.3 Å². The van der Waals surface area contributed by atoms with Crippen LogP contribution in [0.25, 0.3) is 0 Å². The molecular formula is C9H15Cl2N3. The zero-order chi connectivity index (χ0) is 8.23. The summed E-state index contributed by atoms with van der Waals surface area (Å²) in [6, 6.07) is 1.85. The van der Waals surface area contributed by atoms with Crippen LogP contribution in [0.4, 0.5) is 5.95 Å². The molecule has 0 aliphatic carbocycles. The van der Waals surface area contributed by atoms with Crippen molar-refractivity contribution >= 4 is 30.8 Å². The minimum atomic E-state index is 0. The minimum Gasteiger partial charge on any atom is -0.341 e. The largest absolute Gasteiger partial charge is 0.341 e. The Morgan fingerprint density at radius 3 is 2.07 bits per heavy atom. The summed E-state index contributed by atoms with van der Waals surface area (Å²) in [6.45, 7) is 2.23. The first-order chi connectivity index (χ1) is 5.97. The Labute approximate surface area is 96.8 Å². The van der Waals surface area contributed by atoms with Crippen LogP contribution in [-0.4, -0.2) is 23.1 Å². The highest BCUT2D eigenvalue weighted by Crippen LogP contribution is 2.13. The van der Waals surface area contributed by atoms with Gasteiger partial charge in [0.15, 0.2) is 0 Å². The summed E-state index contributed by atoms with van der Waals surface area (Å²) in [4.78, 5) is 10.7. The maximum atomic E-state index is 4.22. The molecule has 0 radical (unpaired) electrons. The zero-order valence-corrected chi connectivity index (χ0v) is 9.56. The monoisotopic (exact) mass is 235 g/mol. The first kappa shape index (κ1) is 13.5.